The molecule has 0 N–H and O–H groups in total. The Morgan fingerprint density at radius 3 is 2.74 bits per heavy atom. The molecule has 5 nitrogen and oxygen atoms in total. The fourth-order valence-electron chi connectivity index (χ4n) is 1.57. The summed E-state index contributed by atoms with van der Waals surface area (Å²) in [5.41, 5.74) is 0.133. The van der Waals surface area contributed by atoms with Gasteiger partial charge in [-0.15, -0.1) is 6.58 Å². The molecule has 19 heavy (non-hydrogen) atoms. The molecule has 1 rings (SSSR count). The molecule has 1 aromatic rings. The van der Waals surface area contributed by atoms with Crippen molar-refractivity contribution in [2.24, 2.45) is 0 Å². The lowest BCUT2D eigenvalue weighted by atomic mass is 10.2. The van der Waals surface area contributed by atoms with Crippen molar-refractivity contribution in [3.05, 3.63) is 42.5 Å². The summed E-state index contributed by atoms with van der Waals surface area (Å²) < 4.78 is 31.1. The summed E-state index contributed by atoms with van der Waals surface area (Å²) in [5, 5.41) is 8.99. The van der Waals surface area contributed by atoms with Crippen molar-refractivity contribution in [3.8, 4) is 6.07 Å². The molecule has 0 amide bonds. The number of ether oxygens (including phenoxy) is 1. The quantitative estimate of drug-likeness (QED) is 0.707. The van der Waals surface area contributed by atoms with Crippen molar-refractivity contribution in [1.29, 1.82) is 5.26 Å². The van der Waals surface area contributed by atoms with Crippen molar-refractivity contribution in [2.45, 2.75) is 4.90 Å². The summed E-state index contributed by atoms with van der Waals surface area (Å²) in [4.78, 5) is 0.00968. The molecule has 0 fully saturated rings. The number of methoxy groups -OCH3 is 1. The number of benzene rings is 1. The lowest BCUT2D eigenvalue weighted by molar-refractivity contribution is 0.182. The third-order valence-corrected chi connectivity index (χ3v) is 4.43. The van der Waals surface area contributed by atoms with Crippen LogP contribution in [-0.2, 0) is 14.8 Å². The van der Waals surface area contributed by atoms with Gasteiger partial charge in [-0.05, 0) is 12.1 Å². The van der Waals surface area contributed by atoms with Crippen molar-refractivity contribution < 1.29 is 13.2 Å². The van der Waals surface area contributed by atoms with Crippen LogP contribution in [0, 0.1) is 11.3 Å². The zero-order valence-corrected chi connectivity index (χ0v) is 11.6. The van der Waals surface area contributed by atoms with Gasteiger partial charge in [0.25, 0.3) is 0 Å². The lowest BCUT2D eigenvalue weighted by Gasteiger charge is -2.20. The van der Waals surface area contributed by atoms with Gasteiger partial charge >= 0.3 is 0 Å². The average Bonchev–Trinajstić information content (AvgIpc) is 2.43. The van der Waals surface area contributed by atoms with Crippen molar-refractivity contribution in [3.63, 3.8) is 0 Å². The van der Waals surface area contributed by atoms with Crippen LogP contribution >= 0.6 is 0 Å². The molecule has 1 aromatic carbocycles. The van der Waals surface area contributed by atoms with Gasteiger partial charge in [-0.3, -0.25) is 0 Å². The van der Waals surface area contributed by atoms with E-state index in [0.717, 1.165) is 0 Å². The number of nitrogens with zero attached hydrogens (tertiary/aromatic N) is 2. The standard InChI is InChI=1S/C13H16N2O3S/c1-3-8-15(9-10-18-2)19(16,17)13-7-5-4-6-12(13)11-14/h3-7H,1,8-10H2,2H3. The lowest BCUT2D eigenvalue weighted by Crippen LogP contribution is -2.34. The molecule has 0 bridgehead atoms. The van der Waals surface area contributed by atoms with Crippen LogP contribution in [-0.4, -0.2) is 39.5 Å². The first-order valence-corrected chi connectivity index (χ1v) is 7.11. The second-order valence-corrected chi connectivity index (χ2v) is 5.66. The summed E-state index contributed by atoms with van der Waals surface area (Å²) in [6, 6.07) is 8.02. The maximum atomic E-state index is 12.5. The Morgan fingerprint density at radius 2 is 2.16 bits per heavy atom. The van der Waals surface area contributed by atoms with Crippen molar-refractivity contribution in [2.75, 3.05) is 26.8 Å². The van der Waals surface area contributed by atoms with Crippen LogP contribution in [0.15, 0.2) is 41.8 Å². The Balaban J connectivity index is 3.19. The van der Waals surface area contributed by atoms with E-state index in [0.29, 0.717) is 0 Å². The Bertz CT molecular complexity index is 576. The van der Waals surface area contributed by atoms with Crippen LogP contribution in [0.5, 0.6) is 0 Å². The highest BCUT2D eigenvalue weighted by Crippen LogP contribution is 2.19. The number of rotatable bonds is 7. The van der Waals surface area contributed by atoms with E-state index in [2.05, 4.69) is 6.58 Å². The van der Waals surface area contributed by atoms with E-state index >= 15 is 0 Å². The molecule has 0 radical (unpaired) electrons. The summed E-state index contributed by atoms with van der Waals surface area (Å²) >= 11 is 0. The molecule has 0 saturated heterocycles. The minimum absolute atomic E-state index is 0.00968. The summed E-state index contributed by atoms with van der Waals surface area (Å²) in [6.07, 6.45) is 1.50. The highest BCUT2D eigenvalue weighted by molar-refractivity contribution is 7.89. The maximum absolute atomic E-state index is 12.5. The minimum Gasteiger partial charge on any atom is -0.383 e. The minimum atomic E-state index is -3.72. The maximum Gasteiger partial charge on any atom is 0.244 e. The van der Waals surface area contributed by atoms with Gasteiger partial charge in [-0.2, -0.15) is 9.57 Å². The molecule has 0 aliphatic heterocycles. The molecule has 6 heteroatoms. The van der Waals surface area contributed by atoms with Crippen LogP contribution in [0.4, 0.5) is 0 Å². The largest absolute Gasteiger partial charge is 0.383 e. The van der Waals surface area contributed by atoms with E-state index in [1.165, 1.54) is 29.6 Å². The van der Waals surface area contributed by atoms with Gasteiger partial charge in [0.05, 0.1) is 17.1 Å². The first-order chi connectivity index (χ1) is 9.07. The van der Waals surface area contributed by atoms with Gasteiger partial charge in [-0.1, -0.05) is 18.2 Å². The predicted octanol–water partition coefficient (Wildman–Crippen LogP) is 1.38. The van der Waals surface area contributed by atoms with E-state index in [1.807, 2.05) is 6.07 Å². The molecule has 0 atom stereocenters. The van der Waals surface area contributed by atoms with Crippen LogP contribution in [0.2, 0.25) is 0 Å². The summed E-state index contributed by atoms with van der Waals surface area (Å²) in [7, 11) is -2.22. The molecule has 0 aromatic heterocycles. The number of hydrogen-bond acceptors (Lipinski definition) is 4. The molecule has 0 saturated carbocycles. The molecule has 102 valence electrons. The Hall–Kier alpha value is -1.68. The Morgan fingerprint density at radius 1 is 1.47 bits per heavy atom. The number of sulfonamides is 1. The molecular weight excluding hydrogens is 264 g/mol. The summed E-state index contributed by atoms with van der Waals surface area (Å²) in [6.45, 7) is 4.21. The van der Waals surface area contributed by atoms with Crippen LogP contribution < -0.4 is 0 Å². The first kappa shape index (κ1) is 15.4. The van der Waals surface area contributed by atoms with Gasteiger partial charge in [-0.25, -0.2) is 8.42 Å². The van der Waals surface area contributed by atoms with Gasteiger partial charge in [0, 0.05) is 20.2 Å². The van der Waals surface area contributed by atoms with Crippen LogP contribution in [0.3, 0.4) is 0 Å². The van der Waals surface area contributed by atoms with Crippen molar-refractivity contribution in [1.82, 2.24) is 4.31 Å². The number of nitriles is 1. The second kappa shape index (κ2) is 7.04. The van der Waals surface area contributed by atoms with E-state index in [-0.39, 0.29) is 30.2 Å². The molecule has 0 unspecified atom stereocenters. The fraction of sp³-hybridized carbons (Fsp3) is 0.308. The van der Waals surface area contributed by atoms with Crippen LogP contribution in [0.25, 0.3) is 0 Å². The first-order valence-electron chi connectivity index (χ1n) is 5.67. The average molecular weight is 280 g/mol. The topological polar surface area (TPSA) is 70.4 Å². The monoisotopic (exact) mass is 280 g/mol. The van der Waals surface area contributed by atoms with E-state index < -0.39 is 10.0 Å². The molecule has 0 heterocycles. The van der Waals surface area contributed by atoms with Crippen LogP contribution in [0.1, 0.15) is 5.56 Å². The zero-order valence-electron chi connectivity index (χ0n) is 10.7. The molecule has 0 aliphatic rings. The smallest absolute Gasteiger partial charge is 0.244 e. The SMILES string of the molecule is C=CCN(CCOC)S(=O)(=O)c1ccccc1C#N. The number of hydrogen-bond donors (Lipinski definition) is 0. The fourth-order valence-corrected chi connectivity index (χ4v) is 3.11. The van der Waals surface area contributed by atoms with Gasteiger partial charge in [0.1, 0.15) is 6.07 Å². The molecule has 0 spiro atoms. The zero-order chi connectivity index (χ0) is 14.3. The predicted molar refractivity (Wildman–Crippen MR) is 72.0 cm³/mol. The Kier molecular flexibility index (Phi) is 5.70. The molecular formula is C13H16N2O3S. The highest BCUT2D eigenvalue weighted by atomic mass is 32.2. The van der Waals surface area contributed by atoms with E-state index in [4.69, 9.17) is 10.00 Å². The van der Waals surface area contributed by atoms with E-state index in [9.17, 15) is 8.42 Å². The van der Waals surface area contributed by atoms with Crippen molar-refractivity contribution >= 4 is 10.0 Å². The third-order valence-electron chi connectivity index (χ3n) is 2.50. The van der Waals surface area contributed by atoms with Gasteiger partial charge in [0.15, 0.2) is 0 Å². The van der Waals surface area contributed by atoms with E-state index in [1.54, 1.807) is 12.1 Å². The third kappa shape index (κ3) is 3.64. The normalized spacial score (nSPS) is 11.2. The van der Waals surface area contributed by atoms with Gasteiger partial charge in [0.2, 0.25) is 10.0 Å². The summed E-state index contributed by atoms with van der Waals surface area (Å²) in [5.74, 6) is 0. The Labute approximate surface area is 113 Å². The highest BCUT2D eigenvalue weighted by Gasteiger charge is 2.25. The van der Waals surface area contributed by atoms with Gasteiger partial charge < -0.3 is 4.74 Å². The molecule has 0 aliphatic carbocycles. The second-order valence-electron chi connectivity index (χ2n) is 3.75.